The first-order valence-electron chi connectivity index (χ1n) is 7.91. The molecular weight excluding hydrogens is 282 g/mol. The fraction of sp³-hybridized carbons (Fsp3) is 0.714. The summed E-state index contributed by atoms with van der Waals surface area (Å²) in [6.45, 7) is 6.41. The number of nitrogens with one attached hydrogen (secondary N) is 3. The number of rotatable bonds is 8. The molecule has 1 aromatic rings. The van der Waals surface area contributed by atoms with Gasteiger partial charge in [-0.25, -0.2) is 4.99 Å². The highest BCUT2D eigenvalue weighted by Gasteiger charge is 2.22. The lowest BCUT2D eigenvalue weighted by molar-refractivity contribution is -0.119. The molecule has 122 valence electrons. The Morgan fingerprint density at radius 2 is 2.23 bits per heavy atom. The molecule has 0 saturated heterocycles. The molecule has 8 heteroatoms. The summed E-state index contributed by atoms with van der Waals surface area (Å²) in [5.41, 5.74) is 0. The molecule has 0 bridgehead atoms. The van der Waals surface area contributed by atoms with Gasteiger partial charge in [0.05, 0.1) is 0 Å². The van der Waals surface area contributed by atoms with Gasteiger partial charge in [0, 0.05) is 32.1 Å². The molecule has 0 radical (unpaired) electrons. The third-order valence-corrected chi connectivity index (χ3v) is 3.32. The lowest BCUT2D eigenvalue weighted by atomic mass is 10.4. The maximum absolute atomic E-state index is 11.7. The maximum Gasteiger partial charge on any atom is 0.242 e. The highest BCUT2D eigenvalue weighted by Crippen LogP contribution is 2.18. The molecule has 1 aliphatic rings. The van der Waals surface area contributed by atoms with Crippen LogP contribution in [0.5, 0.6) is 0 Å². The summed E-state index contributed by atoms with van der Waals surface area (Å²) < 4.78 is 2.01. The van der Waals surface area contributed by atoms with Crippen molar-refractivity contribution < 1.29 is 4.79 Å². The second-order valence-corrected chi connectivity index (χ2v) is 5.26. The summed E-state index contributed by atoms with van der Waals surface area (Å²) >= 11 is 0. The van der Waals surface area contributed by atoms with E-state index >= 15 is 0 Å². The van der Waals surface area contributed by atoms with Crippen molar-refractivity contribution in [1.82, 2.24) is 30.7 Å². The zero-order valence-corrected chi connectivity index (χ0v) is 13.3. The van der Waals surface area contributed by atoms with Crippen LogP contribution in [-0.4, -0.2) is 52.3 Å². The standard InChI is InChI=1S/C14H25N7O/c1-3-12-20-18-10-21(12)8-7-16-14(15-4-2)17-9-13(22)19-11-5-6-11/h10-11H,3-9H2,1-2H3,(H,19,22)(H2,15,16,17). The van der Waals surface area contributed by atoms with E-state index in [2.05, 4.69) is 38.1 Å². The topological polar surface area (TPSA) is 96.2 Å². The van der Waals surface area contributed by atoms with Crippen LogP contribution in [0.15, 0.2) is 11.3 Å². The van der Waals surface area contributed by atoms with Gasteiger partial charge in [0.25, 0.3) is 0 Å². The highest BCUT2D eigenvalue weighted by molar-refractivity contribution is 5.85. The molecule has 1 amide bonds. The van der Waals surface area contributed by atoms with Gasteiger partial charge in [0.15, 0.2) is 5.96 Å². The highest BCUT2D eigenvalue weighted by atomic mass is 16.2. The zero-order chi connectivity index (χ0) is 15.8. The van der Waals surface area contributed by atoms with Crippen LogP contribution in [0.4, 0.5) is 0 Å². The van der Waals surface area contributed by atoms with E-state index in [9.17, 15) is 4.79 Å². The molecule has 3 N–H and O–H groups in total. The van der Waals surface area contributed by atoms with Crippen molar-refractivity contribution in [2.75, 3.05) is 19.6 Å². The average molecular weight is 307 g/mol. The van der Waals surface area contributed by atoms with Gasteiger partial charge in [-0.05, 0) is 19.8 Å². The summed E-state index contributed by atoms with van der Waals surface area (Å²) in [7, 11) is 0. The van der Waals surface area contributed by atoms with Gasteiger partial charge in [-0.2, -0.15) is 0 Å². The third-order valence-electron chi connectivity index (χ3n) is 3.32. The minimum atomic E-state index is -0.0215. The summed E-state index contributed by atoms with van der Waals surface area (Å²) in [6, 6.07) is 0.374. The van der Waals surface area contributed by atoms with Crippen molar-refractivity contribution in [2.45, 2.75) is 45.7 Å². The van der Waals surface area contributed by atoms with Crippen molar-refractivity contribution in [2.24, 2.45) is 4.99 Å². The van der Waals surface area contributed by atoms with Crippen LogP contribution in [0, 0.1) is 0 Å². The van der Waals surface area contributed by atoms with Crippen LogP contribution in [0.3, 0.4) is 0 Å². The van der Waals surface area contributed by atoms with E-state index in [-0.39, 0.29) is 12.5 Å². The SMILES string of the molecule is CCNC(=NCC(=O)NC1CC1)NCCn1cnnc1CC. The van der Waals surface area contributed by atoms with Crippen LogP contribution >= 0.6 is 0 Å². The van der Waals surface area contributed by atoms with E-state index in [1.54, 1.807) is 6.33 Å². The van der Waals surface area contributed by atoms with E-state index in [0.717, 1.165) is 38.2 Å². The first kappa shape index (κ1) is 16.3. The lowest BCUT2D eigenvalue weighted by Crippen LogP contribution is -2.40. The van der Waals surface area contributed by atoms with Crippen LogP contribution < -0.4 is 16.0 Å². The van der Waals surface area contributed by atoms with Crippen LogP contribution in [0.2, 0.25) is 0 Å². The lowest BCUT2D eigenvalue weighted by Gasteiger charge is -2.12. The van der Waals surface area contributed by atoms with E-state index in [1.165, 1.54) is 0 Å². The number of hydrogen-bond donors (Lipinski definition) is 3. The summed E-state index contributed by atoms with van der Waals surface area (Å²) in [4.78, 5) is 15.9. The van der Waals surface area contributed by atoms with Crippen molar-refractivity contribution in [1.29, 1.82) is 0 Å². The minimum Gasteiger partial charge on any atom is -0.357 e. The number of aliphatic imine (C=N–C) groups is 1. The van der Waals surface area contributed by atoms with Gasteiger partial charge in [-0.3, -0.25) is 4.79 Å². The van der Waals surface area contributed by atoms with Crippen molar-refractivity contribution >= 4 is 11.9 Å². The summed E-state index contributed by atoms with van der Waals surface area (Å²) in [5.74, 6) is 1.60. The predicted octanol–water partition coefficient (Wildman–Crippen LogP) is -0.326. The summed E-state index contributed by atoms with van der Waals surface area (Å²) in [6.07, 6.45) is 4.77. The Labute approximate surface area is 130 Å². The quantitative estimate of drug-likeness (QED) is 0.452. The fourth-order valence-corrected chi connectivity index (χ4v) is 2.03. The molecule has 1 fully saturated rings. The van der Waals surface area contributed by atoms with Gasteiger partial charge in [-0.1, -0.05) is 6.92 Å². The van der Waals surface area contributed by atoms with Gasteiger partial charge in [-0.15, -0.1) is 10.2 Å². The number of carbonyl (C=O) groups is 1. The Morgan fingerprint density at radius 3 is 2.91 bits per heavy atom. The molecule has 1 saturated carbocycles. The average Bonchev–Trinajstić information content (AvgIpc) is 3.20. The molecule has 1 aliphatic carbocycles. The molecule has 0 unspecified atom stereocenters. The third kappa shape index (κ3) is 5.34. The Bertz CT molecular complexity index is 507. The van der Waals surface area contributed by atoms with E-state index in [1.807, 2.05) is 11.5 Å². The predicted molar refractivity (Wildman–Crippen MR) is 84.5 cm³/mol. The van der Waals surface area contributed by atoms with E-state index < -0.39 is 0 Å². The van der Waals surface area contributed by atoms with Crippen LogP contribution in [0.1, 0.15) is 32.5 Å². The molecule has 0 spiro atoms. The van der Waals surface area contributed by atoms with E-state index in [0.29, 0.717) is 18.5 Å². The minimum absolute atomic E-state index is 0.0215. The second kappa shape index (κ2) is 8.35. The molecular formula is C14H25N7O. The number of nitrogens with zero attached hydrogens (tertiary/aromatic N) is 4. The number of amides is 1. The van der Waals surface area contributed by atoms with Gasteiger partial charge in [0.1, 0.15) is 18.7 Å². The number of guanidine groups is 1. The van der Waals surface area contributed by atoms with Crippen molar-refractivity contribution in [3.05, 3.63) is 12.2 Å². The molecule has 0 atom stereocenters. The number of hydrogen-bond acceptors (Lipinski definition) is 4. The van der Waals surface area contributed by atoms with Gasteiger partial charge >= 0.3 is 0 Å². The molecule has 22 heavy (non-hydrogen) atoms. The van der Waals surface area contributed by atoms with E-state index in [4.69, 9.17) is 0 Å². The van der Waals surface area contributed by atoms with Gasteiger partial charge < -0.3 is 20.5 Å². The second-order valence-electron chi connectivity index (χ2n) is 5.26. The molecule has 2 rings (SSSR count). The summed E-state index contributed by atoms with van der Waals surface area (Å²) in [5, 5.41) is 17.2. The normalized spacial score (nSPS) is 14.7. The van der Waals surface area contributed by atoms with Gasteiger partial charge in [0.2, 0.25) is 5.91 Å². The molecule has 1 heterocycles. The maximum atomic E-state index is 11.7. The largest absolute Gasteiger partial charge is 0.357 e. The Morgan fingerprint density at radius 1 is 1.41 bits per heavy atom. The molecule has 1 aromatic heterocycles. The first-order chi connectivity index (χ1) is 10.7. The Kier molecular flexibility index (Phi) is 6.17. The Balaban J connectivity index is 1.76. The van der Waals surface area contributed by atoms with Crippen molar-refractivity contribution in [3.8, 4) is 0 Å². The smallest absolute Gasteiger partial charge is 0.242 e. The number of aromatic nitrogens is 3. The molecule has 0 aliphatic heterocycles. The number of carbonyl (C=O) groups excluding carboxylic acids is 1. The zero-order valence-electron chi connectivity index (χ0n) is 13.3. The van der Waals surface area contributed by atoms with Crippen LogP contribution in [-0.2, 0) is 17.8 Å². The van der Waals surface area contributed by atoms with Crippen molar-refractivity contribution in [3.63, 3.8) is 0 Å². The monoisotopic (exact) mass is 307 g/mol. The molecule has 8 nitrogen and oxygen atoms in total. The van der Waals surface area contributed by atoms with Crippen LogP contribution in [0.25, 0.3) is 0 Å². The number of aryl methyl sites for hydroxylation is 1. The Hall–Kier alpha value is -2.12. The first-order valence-corrected chi connectivity index (χ1v) is 7.91. The molecule has 0 aromatic carbocycles. The fourth-order valence-electron chi connectivity index (χ4n) is 2.03.